The molecule has 0 saturated heterocycles. The van der Waals surface area contributed by atoms with E-state index >= 15 is 0 Å². The normalized spacial score (nSPS) is 22.1. The molecule has 1 aliphatic rings. The highest BCUT2D eigenvalue weighted by atomic mass is 16.5. The lowest BCUT2D eigenvalue weighted by Gasteiger charge is -2.13. The van der Waals surface area contributed by atoms with E-state index in [0.717, 1.165) is 24.1 Å². The molecule has 1 aromatic carbocycles. The first kappa shape index (κ1) is 11.9. The molecule has 0 heterocycles. The number of methoxy groups -OCH3 is 2. The third kappa shape index (κ3) is 2.57. The Labute approximate surface area is 102 Å². The van der Waals surface area contributed by atoms with Crippen LogP contribution in [-0.2, 0) is 0 Å². The molecule has 2 atom stereocenters. The van der Waals surface area contributed by atoms with Gasteiger partial charge in [0.15, 0.2) is 11.5 Å². The zero-order valence-corrected chi connectivity index (χ0v) is 10.6. The van der Waals surface area contributed by atoms with Crippen molar-refractivity contribution in [1.29, 1.82) is 0 Å². The summed E-state index contributed by atoms with van der Waals surface area (Å²) in [6, 6.07) is 3.68. The van der Waals surface area contributed by atoms with E-state index in [1.165, 1.54) is 6.42 Å². The number of rotatable bonds is 5. The van der Waals surface area contributed by atoms with Crippen LogP contribution in [0.4, 0.5) is 11.4 Å². The van der Waals surface area contributed by atoms with Gasteiger partial charge in [0, 0.05) is 18.7 Å². The molecule has 1 fully saturated rings. The van der Waals surface area contributed by atoms with E-state index in [0.29, 0.717) is 17.2 Å². The van der Waals surface area contributed by atoms with E-state index in [9.17, 15) is 0 Å². The van der Waals surface area contributed by atoms with Gasteiger partial charge >= 0.3 is 0 Å². The number of anilines is 2. The highest BCUT2D eigenvalue weighted by Crippen LogP contribution is 2.39. The Morgan fingerprint density at radius 1 is 1.29 bits per heavy atom. The molecule has 0 spiro atoms. The zero-order valence-electron chi connectivity index (χ0n) is 10.6. The van der Waals surface area contributed by atoms with Crippen LogP contribution in [-0.4, -0.2) is 20.8 Å². The van der Waals surface area contributed by atoms with E-state index in [4.69, 9.17) is 15.2 Å². The second-order valence-electron chi connectivity index (χ2n) is 4.65. The molecular formula is C13H20N2O2. The first-order valence-corrected chi connectivity index (χ1v) is 5.91. The Kier molecular flexibility index (Phi) is 3.31. The van der Waals surface area contributed by atoms with Crippen LogP contribution in [0.15, 0.2) is 12.1 Å². The summed E-state index contributed by atoms with van der Waals surface area (Å²) in [5.41, 5.74) is 7.57. The van der Waals surface area contributed by atoms with Crippen molar-refractivity contribution >= 4 is 11.4 Å². The number of hydrogen-bond acceptors (Lipinski definition) is 4. The summed E-state index contributed by atoms with van der Waals surface area (Å²) >= 11 is 0. The lowest BCUT2D eigenvalue weighted by Crippen LogP contribution is -2.07. The van der Waals surface area contributed by atoms with Gasteiger partial charge in [0.05, 0.1) is 25.6 Å². The summed E-state index contributed by atoms with van der Waals surface area (Å²) in [7, 11) is 3.23. The van der Waals surface area contributed by atoms with Crippen LogP contribution in [0.1, 0.15) is 13.3 Å². The number of ether oxygens (including phenoxy) is 2. The van der Waals surface area contributed by atoms with Gasteiger partial charge in [-0.1, -0.05) is 6.92 Å². The van der Waals surface area contributed by atoms with E-state index in [1.54, 1.807) is 20.3 Å². The molecule has 2 unspecified atom stereocenters. The van der Waals surface area contributed by atoms with Crippen molar-refractivity contribution in [3.05, 3.63) is 12.1 Å². The maximum atomic E-state index is 5.96. The molecule has 1 saturated carbocycles. The van der Waals surface area contributed by atoms with Gasteiger partial charge in [-0.05, 0) is 18.3 Å². The smallest absolute Gasteiger partial charge is 0.162 e. The van der Waals surface area contributed by atoms with Crippen LogP contribution in [0.3, 0.4) is 0 Å². The number of nitrogen functional groups attached to an aromatic ring is 1. The molecule has 0 amide bonds. The molecular weight excluding hydrogens is 216 g/mol. The monoisotopic (exact) mass is 236 g/mol. The lowest BCUT2D eigenvalue weighted by atomic mass is 10.2. The molecule has 4 nitrogen and oxygen atoms in total. The van der Waals surface area contributed by atoms with Gasteiger partial charge in [0.2, 0.25) is 0 Å². The molecule has 0 bridgehead atoms. The molecule has 1 aromatic rings. The largest absolute Gasteiger partial charge is 0.493 e. The average molecular weight is 236 g/mol. The molecule has 4 heteroatoms. The third-order valence-corrected chi connectivity index (χ3v) is 3.39. The predicted octanol–water partition coefficient (Wildman–Crippen LogP) is 2.35. The second kappa shape index (κ2) is 4.73. The van der Waals surface area contributed by atoms with Crippen LogP contribution >= 0.6 is 0 Å². The first-order chi connectivity index (χ1) is 8.15. The van der Waals surface area contributed by atoms with Crippen molar-refractivity contribution in [3.8, 4) is 11.5 Å². The number of nitrogens with two attached hydrogens (primary N) is 1. The lowest BCUT2D eigenvalue weighted by molar-refractivity contribution is 0.355. The molecule has 0 aromatic heterocycles. The fraction of sp³-hybridized carbons (Fsp3) is 0.538. The van der Waals surface area contributed by atoms with Gasteiger partial charge in [-0.25, -0.2) is 0 Å². The summed E-state index contributed by atoms with van der Waals surface area (Å²) in [5.74, 6) is 2.98. The minimum absolute atomic E-state index is 0.662. The molecule has 1 aliphatic carbocycles. The highest BCUT2D eigenvalue weighted by molar-refractivity contribution is 5.72. The van der Waals surface area contributed by atoms with Crippen molar-refractivity contribution in [3.63, 3.8) is 0 Å². The van der Waals surface area contributed by atoms with Crippen molar-refractivity contribution in [2.45, 2.75) is 13.3 Å². The van der Waals surface area contributed by atoms with Crippen LogP contribution in [0, 0.1) is 11.8 Å². The van der Waals surface area contributed by atoms with Gasteiger partial charge in [-0.2, -0.15) is 0 Å². The Balaban J connectivity index is 2.10. The predicted molar refractivity (Wildman–Crippen MR) is 69.7 cm³/mol. The highest BCUT2D eigenvalue weighted by Gasteiger charge is 2.32. The van der Waals surface area contributed by atoms with Gasteiger partial charge in [-0.15, -0.1) is 0 Å². The standard InChI is InChI=1S/C13H20N2O2/c1-8-4-9(8)7-15-11-6-13(17-3)12(16-2)5-10(11)14/h5-6,8-9,15H,4,7,14H2,1-3H3. The Bertz CT molecular complexity index is 407. The van der Waals surface area contributed by atoms with Gasteiger partial charge < -0.3 is 20.5 Å². The maximum absolute atomic E-state index is 5.96. The maximum Gasteiger partial charge on any atom is 0.162 e. The fourth-order valence-corrected chi connectivity index (χ4v) is 1.97. The van der Waals surface area contributed by atoms with E-state index < -0.39 is 0 Å². The molecule has 0 aliphatic heterocycles. The summed E-state index contributed by atoms with van der Waals surface area (Å²) in [6.45, 7) is 3.24. The molecule has 2 rings (SSSR count). The zero-order chi connectivity index (χ0) is 12.4. The molecule has 3 N–H and O–H groups in total. The number of benzene rings is 1. The quantitative estimate of drug-likeness (QED) is 0.770. The third-order valence-electron chi connectivity index (χ3n) is 3.39. The number of nitrogens with one attached hydrogen (secondary N) is 1. The van der Waals surface area contributed by atoms with Crippen molar-refractivity contribution in [2.24, 2.45) is 11.8 Å². The van der Waals surface area contributed by atoms with E-state index in [2.05, 4.69) is 12.2 Å². The minimum atomic E-state index is 0.662. The van der Waals surface area contributed by atoms with Crippen molar-refractivity contribution < 1.29 is 9.47 Å². The van der Waals surface area contributed by atoms with Crippen LogP contribution in [0.2, 0.25) is 0 Å². The van der Waals surface area contributed by atoms with E-state index in [1.807, 2.05) is 6.07 Å². The Hall–Kier alpha value is -1.58. The molecule has 94 valence electrons. The van der Waals surface area contributed by atoms with Crippen LogP contribution < -0.4 is 20.5 Å². The van der Waals surface area contributed by atoms with Crippen LogP contribution in [0.5, 0.6) is 11.5 Å². The number of hydrogen-bond donors (Lipinski definition) is 2. The van der Waals surface area contributed by atoms with Gasteiger partial charge in [-0.3, -0.25) is 0 Å². The first-order valence-electron chi connectivity index (χ1n) is 5.91. The Morgan fingerprint density at radius 2 is 1.88 bits per heavy atom. The summed E-state index contributed by atoms with van der Waals surface area (Å²) in [5, 5.41) is 3.37. The van der Waals surface area contributed by atoms with Crippen molar-refractivity contribution in [2.75, 3.05) is 31.8 Å². The van der Waals surface area contributed by atoms with Gasteiger partial charge in [0.1, 0.15) is 0 Å². The Morgan fingerprint density at radius 3 is 2.41 bits per heavy atom. The topological polar surface area (TPSA) is 56.5 Å². The summed E-state index contributed by atoms with van der Waals surface area (Å²) in [6.07, 6.45) is 1.31. The summed E-state index contributed by atoms with van der Waals surface area (Å²) < 4.78 is 10.4. The second-order valence-corrected chi connectivity index (χ2v) is 4.65. The van der Waals surface area contributed by atoms with E-state index in [-0.39, 0.29) is 0 Å². The molecule has 0 radical (unpaired) electrons. The summed E-state index contributed by atoms with van der Waals surface area (Å²) in [4.78, 5) is 0. The minimum Gasteiger partial charge on any atom is -0.493 e. The fourth-order valence-electron chi connectivity index (χ4n) is 1.97. The van der Waals surface area contributed by atoms with Crippen LogP contribution in [0.25, 0.3) is 0 Å². The van der Waals surface area contributed by atoms with Crippen molar-refractivity contribution in [1.82, 2.24) is 0 Å². The SMILES string of the molecule is COc1cc(N)c(NCC2CC2C)cc1OC. The molecule has 17 heavy (non-hydrogen) atoms. The average Bonchev–Trinajstić information content (AvgIpc) is 3.03. The van der Waals surface area contributed by atoms with Gasteiger partial charge in [0.25, 0.3) is 0 Å².